The summed E-state index contributed by atoms with van der Waals surface area (Å²) in [5.41, 5.74) is 0.608. The van der Waals surface area contributed by atoms with E-state index >= 15 is 0 Å². The minimum atomic E-state index is -3.24. The van der Waals surface area contributed by atoms with Crippen LogP contribution in [0.5, 0.6) is 0 Å². The van der Waals surface area contributed by atoms with Crippen molar-refractivity contribution in [2.75, 3.05) is 6.26 Å². The Balaban J connectivity index is 1.84. The van der Waals surface area contributed by atoms with Crippen LogP contribution in [0.2, 0.25) is 0 Å². The van der Waals surface area contributed by atoms with Gasteiger partial charge in [-0.15, -0.1) is 0 Å². The van der Waals surface area contributed by atoms with Crippen molar-refractivity contribution in [2.24, 2.45) is 5.41 Å². The van der Waals surface area contributed by atoms with Gasteiger partial charge in [-0.2, -0.15) is 8.42 Å². The van der Waals surface area contributed by atoms with E-state index in [9.17, 15) is 8.42 Å². The molecule has 13 heavy (non-hydrogen) atoms. The Morgan fingerprint density at radius 3 is 2.08 bits per heavy atom. The minimum Gasteiger partial charge on any atom is -0.267 e. The summed E-state index contributed by atoms with van der Waals surface area (Å²) < 4.78 is 26.7. The molecule has 0 heterocycles. The molecular formula is C9H16O3S. The van der Waals surface area contributed by atoms with Gasteiger partial charge >= 0.3 is 0 Å². The van der Waals surface area contributed by atoms with Crippen LogP contribution in [-0.2, 0) is 14.3 Å². The summed E-state index contributed by atoms with van der Waals surface area (Å²) in [7, 11) is -3.24. The van der Waals surface area contributed by atoms with Crippen LogP contribution in [0.15, 0.2) is 0 Å². The molecule has 2 fully saturated rings. The van der Waals surface area contributed by atoms with Crippen molar-refractivity contribution in [1.29, 1.82) is 0 Å². The molecule has 0 amide bonds. The van der Waals surface area contributed by atoms with Gasteiger partial charge in [-0.3, -0.25) is 4.18 Å². The van der Waals surface area contributed by atoms with E-state index in [0.717, 1.165) is 31.9 Å². The maximum Gasteiger partial charge on any atom is 0.264 e. The van der Waals surface area contributed by atoms with Crippen LogP contribution < -0.4 is 0 Å². The van der Waals surface area contributed by atoms with E-state index in [1.807, 2.05) is 0 Å². The van der Waals surface area contributed by atoms with Crippen molar-refractivity contribution in [2.45, 2.75) is 44.6 Å². The van der Waals surface area contributed by atoms with Gasteiger partial charge in [0, 0.05) is 0 Å². The predicted octanol–water partition coefficient (Wildman–Crippen LogP) is 1.69. The van der Waals surface area contributed by atoms with Crippen LogP contribution in [0, 0.1) is 5.41 Å². The Morgan fingerprint density at radius 1 is 1.15 bits per heavy atom. The van der Waals surface area contributed by atoms with Gasteiger partial charge in [0.25, 0.3) is 10.1 Å². The Morgan fingerprint density at radius 2 is 1.69 bits per heavy atom. The molecule has 1 spiro atoms. The van der Waals surface area contributed by atoms with Gasteiger partial charge in [0.2, 0.25) is 0 Å². The second-order valence-electron chi connectivity index (χ2n) is 4.50. The van der Waals surface area contributed by atoms with Gasteiger partial charge in [0.1, 0.15) is 0 Å². The third-order valence-electron chi connectivity index (χ3n) is 3.26. The summed E-state index contributed by atoms with van der Waals surface area (Å²) in [5.74, 6) is 0. The zero-order valence-corrected chi connectivity index (χ0v) is 8.77. The average Bonchev–Trinajstić information content (AvgIpc) is 2.73. The van der Waals surface area contributed by atoms with E-state index in [1.54, 1.807) is 0 Å². The van der Waals surface area contributed by atoms with Crippen LogP contribution in [0.3, 0.4) is 0 Å². The van der Waals surface area contributed by atoms with E-state index in [-0.39, 0.29) is 6.10 Å². The molecule has 0 aliphatic heterocycles. The van der Waals surface area contributed by atoms with E-state index in [2.05, 4.69) is 0 Å². The SMILES string of the molecule is CS(=O)(=O)OC1CCC2(CC1)CC2. The highest BCUT2D eigenvalue weighted by atomic mass is 32.2. The first kappa shape index (κ1) is 9.46. The molecule has 0 N–H and O–H groups in total. The summed E-state index contributed by atoms with van der Waals surface area (Å²) in [5, 5.41) is 0. The van der Waals surface area contributed by atoms with Crippen LogP contribution in [0.4, 0.5) is 0 Å². The van der Waals surface area contributed by atoms with Crippen molar-refractivity contribution < 1.29 is 12.6 Å². The fraction of sp³-hybridized carbons (Fsp3) is 1.00. The van der Waals surface area contributed by atoms with Crippen LogP contribution in [-0.4, -0.2) is 20.8 Å². The summed E-state index contributed by atoms with van der Waals surface area (Å²) in [6.45, 7) is 0. The summed E-state index contributed by atoms with van der Waals surface area (Å²) in [6, 6.07) is 0. The Hall–Kier alpha value is -0.0900. The number of rotatable bonds is 2. The lowest BCUT2D eigenvalue weighted by atomic mass is 9.85. The molecule has 2 saturated carbocycles. The maximum atomic E-state index is 10.9. The quantitative estimate of drug-likeness (QED) is 0.643. The first-order valence-corrected chi connectivity index (χ1v) is 6.69. The minimum absolute atomic E-state index is 0.0405. The zero-order valence-electron chi connectivity index (χ0n) is 7.95. The van der Waals surface area contributed by atoms with Gasteiger partial charge in [-0.05, 0) is 43.9 Å². The monoisotopic (exact) mass is 204 g/mol. The van der Waals surface area contributed by atoms with Crippen molar-refractivity contribution in [3.63, 3.8) is 0 Å². The largest absolute Gasteiger partial charge is 0.267 e. The van der Waals surface area contributed by atoms with E-state index < -0.39 is 10.1 Å². The van der Waals surface area contributed by atoms with E-state index in [1.165, 1.54) is 12.8 Å². The Labute approximate surface area is 79.6 Å². The van der Waals surface area contributed by atoms with E-state index in [0.29, 0.717) is 5.41 Å². The molecule has 0 aromatic rings. The van der Waals surface area contributed by atoms with Gasteiger partial charge in [0.05, 0.1) is 12.4 Å². The summed E-state index contributed by atoms with van der Waals surface area (Å²) in [6.07, 6.45) is 7.95. The molecule has 0 unspecified atom stereocenters. The van der Waals surface area contributed by atoms with Crippen molar-refractivity contribution in [3.05, 3.63) is 0 Å². The van der Waals surface area contributed by atoms with Crippen molar-refractivity contribution >= 4 is 10.1 Å². The molecule has 0 aromatic carbocycles. The second kappa shape index (κ2) is 2.95. The summed E-state index contributed by atoms with van der Waals surface area (Å²) in [4.78, 5) is 0. The van der Waals surface area contributed by atoms with Gasteiger partial charge in [0.15, 0.2) is 0 Å². The van der Waals surface area contributed by atoms with Gasteiger partial charge < -0.3 is 0 Å². The smallest absolute Gasteiger partial charge is 0.264 e. The normalized spacial score (nSPS) is 27.8. The second-order valence-corrected chi connectivity index (χ2v) is 6.10. The fourth-order valence-electron chi connectivity index (χ4n) is 2.22. The van der Waals surface area contributed by atoms with Gasteiger partial charge in [-0.25, -0.2) is 0 Å². The lowest BCUT2D eigenvalue weighted by Gasteiger charge is -2.27. The molecule has 4 heteroatoms. The molecule has 0 aromatic heterocycles. The highest BCUT2D eigenvalue weighted by Gasteiger charge is 2.45. The first-order chi connectivity index (χ1) is 5.99. The zero-order chi connectivity index (χ0) is 9.53. The maximum absolute atomic E-state index is 10.9. The molecule has 0 bridgehead atoms. The molecule has 3 nitrogen and oxygen atoms in total. The highest BCUT2D eigenvalue weighted by molar-refractivity contribution is 7.86. The highest BCUT2D eigenvalue weighted by Crippen LogP contribution is 2.56. The summed E-state index contributed by atoms with van der Waals surface area (Å²) >= 11 is 0. The number of hydrogen-bond donors (Lipinski definition) is 0. The molecule has 0 saturated heterocycles. The standard InChI is InChI=1S/C9H16O3S/c1-13(10,11)12-8-2-4-9(5-3-8)6-7-9/h8H,2-7H2,1H3. The molecular weight excluding hydrogens is 188 g/mol. The van der Waals surface area contributed by atoms with Crippen LogP contribution in [0.25, 0.3) is 0 Å². The fourth-order valence-corrected chi connectivity index (χ4v) is 2.91. The molecule has 2 rings (SSSR count). The van der Waals surface area contributed by atoms with Crippen LogP contribution in [0.1, 0.15) is 38.5 Å². The van der Waals surface area contributed by atoms with E-state index in [4.69, 9.17) is 4.18 Å². The lowest BCUT2D eigenvalue weighted by molar-refractivity contribution is 0.131. The van der Waals surface area contributed by atoms with Crippen LogP contribution >= 0.6 is 0 Å². The van der Waals surface area contributed by atoms with Crippen molar-refractivity contribution in [1.82, 2.24) is 0 Å². The Kier molecular flexibility index (Phi) is 2.15. The average molecular weight is 204 g/mol. The molecule has 76 valence electrons. The lowest BCUT2D eigenvalue weighted by Crippen LogP contribution is -2.24. The molecule has 0 radical (unpaired) electrons. The first-order valence-electron chi connectivity index (χ1n) is 4.87. The molecule has 2 aliphatic rings. The van der Waals surface area contributed by atoms with Gasteiger partial charge in [-0.1, -0.05) is 0 Å². The Bertz CT molecular complexity index is 280. The molecule has 2 aliphatic carbocycles. The number of hydrogen-bond acceptors (Lipinski definition) is 3. The third-order valence-corrected chi connectivity index (χ3v) is 3.88. The predicted molar refractivity (Wildman–Crippen MR) is 49.9 cm³/mol. The molecule has 0 atom stereocenters. The topological polar surface area (TPSA) is 43.4 Å². The van der Waals surface area contributed by atoms with Crippen molar-refractivity contribution in [3.8, 4) is 0 Å². The third kappa shape index (κ3) is 2.44.